The molecule has 0 aromatic heterocycles. The lowest BCUT2D eigenvalue weighted by molar-refractivity contribution is 0.660. The second-order valence-electron chi connectivity index (χ2n) is 12.9. The molecule has 0 heterocycles. The topological polar surface area (TPSA) is 0 Å². The Morgan fingerprint density at radius 2 is 1.33 bits per heavy atom. The van der Waals surface area contributed by atoms with E-state index in [4.69, 9.17) is 0 Å². The molecule has 0 unspecified atom stereocenters. The zero-order valence-corrected chi connectivity index (χ0v) is 27.3. The zero-order chi connectivity index (χ0) is 32.0. The van der Waals surface area contributed by atoms with Gasteiger partial charge in [-0.3, -0.25) is 0 Å². The quantitative estimate of drug-likeness (QED) is 0.162. The number of allylic oxidation sites excluding steroid dienone is 4. The van der Waals surface area contributed by atoms with Crippen molar-refractivity contribution in [3.63, 3.8) is 0 Å². The maximum atomic E-state index is 4.35. The Hall–Kier alpha value is -5.20. The summed E-state index contributed by atoms with van der Waals surface area (Å²) in [7, 11) is 0. The van der Waals surface area contributed by atoms with Crippen molar-refractivity contribution in [3.05, 3.63) is 162 Å². The lowest BCUT2D eigenvalue weighted by Crippen LogP contribution is -2.14. The Balaban J connectivity index is 1.54. The summed E-state index contributed by atoms with van der Waals surface area (Å²) >= 11 is 0. The van der Waals surface area contributed by atoms with Crippen LogP contribution >= 0.6 is 0 Å². The first-order valence-corrected chi connectivity index (χ1v) is 16.3. The average Bonchev–Trinajstić information content (AvgIpc) is 3.32. The first kappa shape index (κ1) is 29.5. The highest BCUT2D eigenvalue weighted by atomic mass is 14.4. The Kier molecular flexibility index (Phi) is 7.46. The van der Waals surface area contributed by atoms with E-state index in [-0.39, 0.29) is 5.41 Å². The molecular formula is C46H40. The minimum atomic E-state index is -0.0503. The van der Waals surface area contributed by atoms with Gasteiger partial charge in [0.15, 0.2) is 0 Å². The highest BCUT2D eigenvalue weighted by Crippen LogP contribution is 2.50. The third-order valence-electron chi connectivity index (χ3n) is 9.88. The summed E-state index contributed by atoms with van der Waals surface area (Å²) < 4.78 is 0. The molecule has 0 saturated heterocycles. The van der Waals surface area contributed by atoms with Gasteiger partial charge >= 0.3 is 0 Å². The fraction of sp³-hybridized carbons (Fsp3) is 0.130. The molecule has 1 aliphatic rings. The summed E-state index contributed by atoms with van der Waals surface area (Å²) in [5.41, 5.74) is 14.9. The van der Waals surface area contributed by atoms with Crippen LogP contribution in [-0.2, 0) is 5.41 Å². The van der Waals surface area contributed by atoms with Crippen molar-refractivity contribution in [1.82, 2.24) is 0 Å². The molecule has 0 atom stereocenters. The van der Waals surface area contributed by atoms with Gasteiger partial charge < -0.3 is 0 Å². The molecule has 0 fully saturated rings. The summed E-state index contributed by atoms with van der Waals surface area (Å²) in [6.45, 7) is 17.8. The van der Waals surface area contributed by atoms with E-state index in [1.165, 1.54) is 77.2 Å². The molecule has 0 N–H and O–H groups in total. The monoisotopic (exact) mass is 592 g/mol. The van der Waals surface area contributed by atoms with Gasteiger partial charge in [0, 0.05) is 5.41 Å². The minimum absolute atomic E-state index is 0.0503. The normalized spacial score (nSPS) is 13.7. The molecule has 1 aliphatic carbocycles. The SMILES string of the molecule is C=Cc1c(C=C)c(-c2cccc3ccccc23)c2ccc(-c3ccc4c(c3)C(C)(C)c3ccccc3-4)cc2c1/C(C)=C/C=C\CC. The zero-order valence-electron chi connectivity index (χ0n) is 27.3. The van der Waals surface area contributed by atoms with Crippen molar-refractivity contribution in [2.75, 3.05) is 0 Å². The molecular weight excluding hydrogens is 553 g/mol. The molecule has 0 amide bonds. The van der Waals surface area contributed by atoms with E-state index in [2.05, 4.69) is 162 Å². The van der Waals surface area contributed by atoms with Crippen LogP contribution in [0.5, 0.6) is 0 Å². The molecule has 6 aromatic carbocycles. The molecule has 0 saturated carbocycles. The van der Waals surface area contributed by atoms with Gasteiger partial charge in [0.25, 0.3) is 0 Å². The molecule has 0 bridgehead atoms. The highest BCUT2D eigenvalue weighted by Gasteiger charge is 2.35. The van der Waals surface area contributed by atoms with Crippen LogP contribution in [0.1, 0.15) is 61.9 Å². The van der Waals surface area contributed by atoms with E-state index >= 15 is 0 Å². The van der Waals surface area contributed by atoms with Gasteiger partial charge in [-0.05, 0) is 114 Å². The standard InChI is InChI=1S/C46H40/c1-7-10-11-17-30(4)44-34(8-2)35(9-3)45(39-22-16-19-31-18-12-13-20-36(31)39)40-27-25-32(28-41(40)44)33-24-26-38-37-21-14-15-23-42(37)46(5,6)43(38)29-33/h8-29H,2-3,7H2,1,4-6H3/b11-10-,30-17+. The Bertz CT molecular complexity index is 2240. The smallest absolute Gasteiger partial charge is 0.0159 e. The third-order valence-corrected chi connectivity index (χ3v) is 9.88. The van der Waals surface area contributed by atoms with Crippen LogP contribution in [0.3, 0.4) is 0 Å². The number of hydrogen-bond acceptors (Lipinski definition) is 0. The van der Waals surface area contributed by atoms with Gasteiger partial charge in [0.05, 0.1) is 0 Å². The van der Waals surface area contributed by atoms with Gasteiger partial charge in [-0.2, -0.15) is 0 Å². The average molecular weight is 593 g/mol. The molecule has 6 aromatic rings. The van der Waals surface area contributed by atoms with E-state index in [1.54, 1.807) is 0 Å². The van der Waals surface area contributed by atoms with Gasteiger partial charge in [0.1, 0.15) is 0 Å². The lowest BCUT2D eigenvalue weighted by atomic mass is 9.80. The molecule has 0 aliphatic heterocycles. The van der Waals surface area contributed by atoms with Crippen molar-refractivity contribution < 1.29 is 0 Å². The van der Waals surface area contributed by atoms with Crippen molar-refractivity contribution in [1.29, 1.82) is 0 Å². The lowest BCUT2D eigenvalue weighted by Gasteiger charge is -2.23. The molecule has 7 rings (SSSR count). The van der Waals surface area contributed by atoms with E-state index in [9.17, 15) is 0 Å². The van der Waals surface area contributed by atoms with Gasteiger partial charge in [-0.25, -0.2) is 0 Å². The van der Waals surface area contributed by atoms with E-state index < -0.39 is 0 Å². The molecule has 46 heavy (non-hydrogen) atoms. The summed E-state index contributed by atoms with van der Waals surface area (Å²) in [6.07, 6.45) is 11.6. The van der Waals surface area contributed by atoms with E-state index in [0.717, 1.165) is 17.5 Å². The fourth-order valence-corrected chi connectivity index (χ4v) is 7.61. The molecule has 0 spiro atoms. The maximum absolute atomic E-state index is 4.35. The number of benzene rings is 6. The second kappa shape index (κ2) is 11.6. The van der Waals surface area contributed by atoms with Crippen LogP contribution in [-0.4, -0.2) is 0 Å². The Morgan fingerprint density at radius 1 is 0.652 bits per heavy atom. The molecule has 224 valence electrons. The summed E-state index contributed by atoms with van der Waals surface area (Å²) in [6, 6.07) is 38.2. The summed E-state index contributed by atoms with van der Waals surface area (Å²) in [5.74, 6) is 0. The van der Waals surface area contributed by atoms with Crippen LogP contribution in [0.25, 0.3) is 72.7 Å². The number of fused-ring (bicyclic) bond motifs is 5. The highest BCUT2D eigenvalue weighted by molar-refractivity contribution is 6.14. The Labute approximate surface area is 273 Å². The van der Waals surface area contributed by atoms with E-state index in [0.29, 0.717) is 0 Å². The summed E-state index contributed by atoms with van der Waals surface area (Å²) in [4.78, 5) is 0. The first-order valence-electron chi connectivity index (χ1n) is 16.3. The predicted molar refractivity (Wildman–Crippen MR) is 203 cm³/mol. The van der Waals surface area contributed by atoms with Crippen molar-refractivity contribution in [2.24, 2.45) is 0 Å². The van der Waals surface area contributed by atoms with Crippen LogP contribution in [0.2, 0.25) is 0 Å². The molecule has 0 radical (unpaired) electrons. The molecule has 0 heteroatoms. The summed E-state index contributed by atoms with van der Waals surface area (Å²) in [5, 5.41) is 4.91. The first-order chi connectivity index (χ1) is 22.4. The Morgan fingerprint density at radius 3 is 2.13 bits per heavy atom. The predicted octanol–water partition coefficient (Wildman–Crippen LogP) is 13.3. The van der Waals surface area contributed by atoms with E-state index in [1.807, 2.05) is 12.2 Å². The van der Waals surface area contributed by atoms with Gasteiger partial charge in [-0.15, -0.1) is 0 Å². The third kappa shape index (κ3) is 4.60. The van der Waals surface area contributed by atoms with Crippen LogP contribution in [0.15, 0.2) is 135 Å². The maximum Gasteiger partial charge on any atom is 0.0159 e. The second-order valence-corrected chi connectivity index (χ2v) is 12.9. The van der Waals surface area contributed by atoms with Crippen molar-refractivity contribution in [3.8, 4) is 33.4 Å². The van der Waals surface area contributed by atoms with Crippen LogP contribution < -0.4 is 0 Å². The minimum Gasteiger partial charge on any atom is -0.0984 e. The van der Waals surface area contributed by atoms with Crippen molar-refractivity contribution in [2.45, 2.75) is 39.5 Å². The number of rotatable bonds is 7. The van der Waals surface area contributed by atoms with Crippen LogP contribution in [0, 0.1) is 0 Å². The van der Waals surface area contributed by atoms with Gasteiger partial charge in [0.2, 0.25) is 0 Å². The van der Waals surface area contributed by atoms with Crippen LogP contribution in [0.4, 0.5) is 0 Å². The largest absolute Gasteiger partial charge is 0.0984 e. The fourth-order valence-electron chi connectivity index (χ4n) is 7.61. The molecule has 0 nitrogen and oxygen atoms in total. The van der Waals surface area contributed by atoms with Crippen molar-refractivity contribution >= 4 is 39.3 Å². The number of hydrogen-bond donors (Lipinski definition) is 0. The van der Waals surface area contributed by atoms with Gasteiger partial charge in [-0.1, -0.05) is 155 Å².